The van der Waals surface area contributed by atoms with E-state index in [0.717, 1.165) is 0 Å². The predicted molar refractivity (Wildman–Crippen MR) is 121 cm³/mol. The van der Waals surface area contributed by atoms with Crippen molar-refractivity contribution < 1.29 is 0 Å². The van der Waals surface area contributed by atoms with E-state index >= 15 is 0 Å². The van der Waals surface area contributed by atoms with Crippen molar-refractivity contribution in [2.75, 3.05) is 0 Å². The first-order chi connectivity index (χ1) is 13.2. The summed E-state index contributed by atoms with van der Waals surface area (Å²) in [6.07, 6.45) is 26.2. The third kappa shape index (κ3) is 10.4. The van der Waals surface area contributed by atoms with E-state index < -0.39 is 0 Å². The van der Waals surface area contributed by atoms with E-state index in [1.54, 1.807) is 0 Å². The third-order valence-electron chi connectivity index (χ3n) is 6.16. The van der Waals surface area contributed by atoms with Crippen molar-refractivity contribution in [3.8, 4) is 0 Å². The zero-order valence-corrected chi connectivity index (χ0v) is 19.0. The molecule has 0 N–H and O–H groups in total. The molecule has 0 aliphatic rings. The van der Waals surface area contributed by atoms with Gasteiger partial charge in [-0.15, -0.1) is 0 Å². The minimum absolute atomic E-state index is 0.594. The van der Waals surface area contributed by atoms with Crippen molar-refractivity contribution in [3.05, 3.63) is 18.2 Å². The molecule has 1 heterocycles. The smallest absolute Gasteiger partial charge is 0.111 e. The summed E-state index contributed by atoms with van der Waals surface area (Å²) in [5, 5.41) is 0. The highest BCUT2D eigenvalue weighted by Gasteiger charge is 2.17. The fourth-order valence-electron chi connectivity index (χ4n) is 4.24. The number of hydrogen-bond acceptors (Lipinski definition) is 1. The highest BCUT2D eigenvalue weighted by Crippen LogP contribution is 2.28. The van der Waals surface area contributed by atoms with Crippen molar-refractivity contribution in [1.29, 1.82) is 0 Å². The molecule has 158 valence electrons. The molecule has 0 bridgehead atoms. The van der Waals surface area contributed by atoms with Crippen LogP contribution in [0.1, 0.15) is 148 Å². The van der Waals surface area contributed by atoms with Crippen molar-refractivity contribution >= 4 is 0 Å². The average molecular weight is 377 g/mol. The molecule has 0 saturated heterocycles. The number of hydrogen-bond donors (Lipinski definition) is 0. The minimum Gasteiger partial charge on any atom is -0.332 e. The standard InChI is InChI=1S/C25H48N2/c1-5-8-10-12-13-14-16-18-20-24(7-3)25-26-21-22-27(25)23(4)19-17-15-11-9-6-2/h21-24H,5-20H2,1-4H3. The lowest BCUT2D eigenvalue weighted by Gasteiger charge is -2.21. The molecule has 0 fully saturated rings. The van der Waals surface area contributed by atoms with Gasteiger partial charge in [0.05, 0.1) is 0 Å². The number of imidazole rings is 1. The van der Waals surface area contributed by atoms with Crippen molar-refractivity contribution in [3.63, 3.8) is 0 Å². The van der Waals surface area contributed by atoms with Crippen LogP contribution in [-0.4, -0.2) is 9.55 Å². The molecule has 0 saturated carbocycles. The van der Waals surface area contributed by atoms with Gasteiger partial charge >= 0.3 is 0 Å². The van der Waals surface area contributed by atoms with E-state index in [9.17, 15) is 0 Å². The Hall–Kier alpha value is -0.790. The van der Waals surface area contributed by atoms with E-state index in [1.807, 2.05) is 6.20 Å². The van der Waals surface area contributed by atoms with Crippen LogP contribution in [0.4, 0.5) is 0 Å². The summed E-state index contributed by atoms with van der Waals surface area (Å²) >= 11 is 0. The Kier molecular flexibility index (Phi) is 14.5. The zero-order chi connectivity index (χ0) is 19.7. The molecule has 0 radical (unpaired) electrons. The zero-order valence-electron chi connectivity index (χ0n) is 19.0. The summed E-state index contributed by atoms with van der Waals surface area (Å²) in [6.45, 7) is 9.30. The van der Waals surface area contributed by atoms with Crippen molar-refractivity contribution in [2.24, 2.45) is 0 Å². The Morgan fingerprint density at radius 1 is 0.741 bits per heavy atom. The summed E-state index contributed by atoms with van der Waals surface area (Å²) in [7, 11) is 0. The topological polar surface area (TPSA) is 17.8 Å². The minimum atomic E-state index is 0.594. The Balaban J connectivity index is 2.33. The second kappa shape index (κ2) is 16.2. The maximum Gasteiger partial charge on any atom is 0.111 e. The lowest BCUT2D eigenvalue weighted by molar-refractivity contribution is 0.426. The first kappa shape index (κ1) is 24.2. The molecular weight excluding hydrogens is 328 g/mol. The highest BCUT2D eigenvalue weighted by atomic mass is 15.1. The van der Waals surface area contributed by atoms with E-state index in [2.05, 4.69) is 38.5 Å². The molecule has 0 spiro atoms. The lowest BCUT2D eigenvalue weighted by Crippen LogP contribution is -2.12. The van der Waals surface area contributed by atoms with E-state index in [0.29, 0.717) is 12.0 Å². The van der Waals surface area contributed by atoms with Gasteiger partial charge in [0, 0.05) is 24.4 Å². The first-order valence-corrected chi connectivity index (χ1v) is 12.3. The van der Waals surface area contributed by atoms with Crippen LogP contribution in [-0.2, 0) is 0 Å². The second-order valence-corrected chi connectivity index (χ2v) is 8.61. The van der Waals surface area contributed by atoms with Crippen LogP contribution in [0, 0.1) is 0 Å². The molecule has 1 rings (SSSR count). The van der Waals surface area contributed by atoms with E-state index in [-0.39, 0.29) is 0 Å². The van der Waals surface area contributed by atoms with E-state index in [4.69, 9.17) is 4.98 Å². The maximum absolute atomic E-state index is 4.78. The molecule has 0 aliphatic carbocycles. The van der Waals surface area contributed by atoms with Crippen LogP contribution in [0.3, 0.4) is 0 Å². The fourth-order valence-corrected chi connectivity index (χ4v) is 4.24. The van der Waals surface area contributed by atoms with Gasteiger partial charge in [-0.1, -0.05) is 104 Å². The van der Waals surface area contributed by atoms with Crippen LogP contribution in [0.15, 0.2) is 12.4 Å². The van der Waals surface area contributed by atoms with Crippen LogP contribution >= 0.6 is 0 Å². The Labute approximate surface area is 170 Å². The Morgan fingerprint density at radius 2 is 1.26 bits per heavy atom. The van der Waals surface area contributed by atoms with Crippen LogP contribution in [0.5, 0.6) is 0 Å². The van der Waals surface area contributed by atoms with Gasteiger partial charge in [-0.05, 0) is 26.2 Å². The van der Waals surface area contributed by atoms with Gasteiger partial charge in [-0.2, -0.15) is 0 Å². The van der Waals surface area contributed by atoms with Gasteiger partial charge in [-0.3, -0.25) is 0 Å². The molecule has 27 heavy (non-hydrogen) atoms. The largest absolute Gasteiger partial charge is 0.332 e. The quantitative estimate of drug-likeness (QED) is 0.234. The maximum atomic E-state index is 4.78. The molecule has 1 aromatic heterocycles. The van der Waals surface area contributed by atoms with Crippen LogP contribution in [0.25, 0.3) is 0 Å². The second-order valence-electron chi connectivity index (χ2n) is 8.61. The summed E-state index contributed by atoms with van der Waals surface area (Å²) in [4.78, 5) is 4.78. The van der Waals surface area contributed by atoms with Crippen LogP contribution < -0.4 is 0 Å². The molecule has 2 unspecified atom stereocenters. The van der Waals surface area contributed by atoms with Gasteiger partial charge in [0.15, 0.2) is 0 Å². The highest BCUT2D eigenvalue weighted by molar-refractivity contribution is 5.02. The van der Waals surface area contributed by atoms with E-state index in [1.165, 1.54) is 109 Å². The molecular formula is C25H48N2. The Morgan fingerprint density at radius 3 is 1.81 bits per heavy atom. The summed E-state index contributed by atoms with van der Waals surface area (Å²) in [6, 6.07) is 0.594. The fraction of sp³-hybridized carbons (Fsp3) is 0.880. The van der Waals surface area contributed by atoms with Crippen molar-refractivity contribution in [2.45, 2.75) is 142 Å². The van der Waals surface area contributed by atoms with Gasteiger partial charge in [0.2, 0.25) is 0 Å². The van der Waals surface area contributed by atoms with Crippen molar-refractivity contribution in [1.82, 2.24) is 9.55 Å². The summed E-state index contributed by atoms with van der Waals surface area (Å²) in [5.74, 6) is 1.99. The molecule has 0 aliphatic heterocycles. The molecule has 0 amide bonds. The monoisotopic (exact) mass is 376 g/mol. The van der Waals surface area contributed by atoms with Gasteiger partial charge < -0.3 is 4.57 Å². The summed E-state index contributed by atoms with van der Waals surface area (Å²) in [5.41, 5.74) is 0. The predicted octanol–water partition coefficient (Wildman–Crippen LogP) is 8.83. The van der Waals surface area contributed by atoms with Gasteiger partial charge in [-0.25, -0.2) is 4.98 Å². The number of aromatic nitrogens is 2. The molecule has 2 atom stereocenters. The molecule has 2 heteroatoms. The molecule has 2 nitrogen and oxygen atoms in total. The first-order valence-electron chi connectivity index (χ1n) is 12.3. The SMILES string of the molecule is CCCCCCCCCCC(CC)c1nccn1C(C)CCCCCCC. The van der Waals surface area contributed by atoms with Crippen LogP contribution in [0.2, 0.25) is 0 Å². The average Bonchev–Trinajstić information content (AvgIpc) is 3.16. The Bertz CT molecular complexity index is 437. The van der Waals surface area contributed by atoms with Gasteiger partial charge in [0.1, 0.15) is 5.82 Å². The number of nitrogens with zero attached hydrogens (tertiary/aromatic N) is 2. The van der Waals surface area contributed by atoms with Gasteiger partial charge in [0.25, 0.3) is 0 Å². The number of unbranched alkanes of at least 4 members (excludes halogenated alkanes) is 11. The summed E-state index contributed by atoms with van der Waals surface area (Å²) < 4.78 is 2.48. The molecule has 0 aromatic carbocycles. The third-order valence-corrected chi connectivity index (χ3v) is 6.16. The lowest BCUT2D eigenvalue weighted by atomic mass is 9.96. The molecule has 1 aromatic rings. The normalized spacial score (nSPS) is 13.8. The number of rotatable bonds is 18.